The summed E-state index contributed by atoms with van der Waals surface area (Å²) in [6, 6.07) is 11.0. The highest BCUT2D eigenvalue weighted by atomic mass is 16.5. The van der Waals surface area contributed by atoms with E-state index in [1.54, 1.807) is 29.4 Å². The molecule has 1 heterocycles. The van der Waals surface area contributed by atoms with Gasteiger partial charge in [0.15, 0.2) is 0 Å². The lowest BCUT2D eigenvalue weighted by Crippen LogP contribution is -2.42. The number of nitrogens with zero attached hydrogens (tertiary/aromatic N) is 2. The van der Waals surface area contributed by atoms with E-state index in [1.807, 2.05) is 25.1 Å². The fraction of sp³-hybridized carbons (Fsp3) is 0.273. The number of carboxylic acid groups (broad SMARTS) is 1. The first kappa shape index (κ1) is 21.2. The normalized spacial score (nSPS) is 13.5. The molecule has 0 fully saturated rings. The molecule has 30 heavy (non-hydrogen) atoms. The number of hydrazine groups is 2. The molecule has 158 valence electrons. The summed E-state index contributed by atoms with van der Waals surface area (Å²) >= 11 is 0. The fourth-order valence-corrected chi connectivity index (χ4v) is 3.05. The van der Waals surface area contributed by atoms with E-state index in [0.717, 1.165) is 16.1 Å². The zero-order valence-corrected chi connectivity index (χ0v) is 17.7. The molecule has 0 bridgehead atoms. The summed E-state index contributed by atoms with van der Waals surface area (Å²) in [7, 11) is 1.53. The van der Waals surface area contributed by atoms with Gasteiger partial charge in [0.1, 0.15) is 5.75 Å². The van der Waals surface area contributed by atoms with Crippen molar-refractivity contribution in [3.8, 4) is 5.75 Å². The number of carbonyl (C=O) groups is 2. The van der Waals surface area contributed by atoms with Gasteiger partial charge in [-0.1, -0.05) is 32.9 Å². The largest absolute Gasteiger partial charge is 0.496 e. The van der Waals surface area contributed by atoms with Crippen LogP contribution in [0.25, 0.3) is 0 Å². The number of rotatable bonds is 4. The summed E-state index contributed by atoms with van der Waals surface area (Å²) in [6.45, 7) is 8.15. The number of anilines is 2. The molecule has 0 saturated heterocycles. The van der Waals surface area contributed by atoms with Gasteiger partial charge in [-0.15, -0.1) is 5.53 Å². The predicted octanol–water partition coefficient (Wildman–Crippen LogP) is 4.24. The van der Waals surface area contributed by atoms with Crippen molar-refractivity contribution in [2.45, 2.75) is 33.1 Å². The average molecular weight is 410 g/mol. The maximum Gasteiger partial charge on any atom is 0.427 e. The molecule has 3 N–H and O–H groups in total. The van der Waals surface area contributed by atoms with Crippen molar-refractivity contribution >= 4 is 23.4 Å². The third-order valence-electron chi connectivity index (χ3n) is 4.82. The highest BCUT2D eigenvalue weighted by Crippen LogP contribution is 2.30. The van der Waals surface area contributed by atoms with E-state index in [1.165, 1.54) is 13.3 Å². The minimum atomic E-state index is -1.12. The van der Waals surface area contributed by atoms with E-state index < -0.39 is 6.09 Å². The standard InChI is InChI=1S/C22H26N4O4/c1-14-6-8-16(13-18(14)25-10-11-26(24-25)21(28)29)23-20(27)17-12-15(22(2,3)4)7-9-19(17)30-5/h6-13,24H,1-5H3,(H,23,27)(H,28,29). The third-order valence-corrected chi connectivity index (χ3v) is 4.82. The molecule has 8 nitrogen and oxygen atoms in total. The molecule has 8 heteroatoms. The molecule has 1 aliphatic rings. The van der Waals surface area contributed by atoms with Crippen molar-refractivity contribution in [3.63, 3.8) is 0 Å². The van der Waals surface area contributed by atoms with Crippen LogP contribution in [-0.2, 0) is 5.41 Å². The summed E-state index contributed by atoms with van der Waals surface area (Å²) < 4.78 is 5.38. The van der Waals surface area contributed by atoms with E-state index in [4.69, 9.17) is 9.84 Å². The SMILES string of the molecule is COc1ccc(C(C)(C)C)cc1C(=O)Nc1ccc(C)c(N2C=CN(C(=O)O)N2)c1. The summed E-state index contributed by atoms with van der Waals surface area (Å²) in [6.07, 6.45) is 1.87. The van der Waals surface area contributed by atoms with Gasteiger partial charge in [-0.25, -0.2) is 4.79 Å². The molecular weight excluding hydrogens is 384 g/mol. The van der Waals surface area contributed by atoms with E-state index in [-0.39, 0.29) is 11.3 Å². The van der Waals surface area contributed by atoms with Gasteiger partial charge in [0.2, 0.25) is 0 Å². The number of methoxy groups -OCH3 is 1. The first-order valence-electron chi connectivity index (χ1n) is 9.46. The molecule has 0 saturated carbocycles. The molecule has 2 aromatic rings. The molecular formula is C22H26N4O4. The molecule has 0 unspecified atom stereocenters. The molecule has 2 amide bonds. The number of hydrogen-bond donors (Lipinski definition) is 3. The Morgan fingerprint density at radius 2 is 1.83 bits per heavy atom. The molecule has 0 atom stereocenters. The Morgan fingerprint density at radius 3 is 2.43 bits per heavy atom. The van der Waals surface area contributed by atoms with Crippen LogP contribution in [0.4, 0.5) is 16.2 Å². The van der Waals surface area contributed by atoms with Crippen LogP contribution in [0.2, 0.25) is 0 Å². The quantitative estimate of drug-likeness (QED) is 0.698. The van der Waals surface area contributed by atoms with Gasteiger partial charge < -0.3 is 15.2 Å². The van der Waals surface area contributed by atoms with E-state index in [2.05, 4.69) is 31.6 Å². The second-order valence-corrected chi connectivity index (χ2v) is 8.04. The van der Waals surface area contributed by atoms with Crippen molar-refractivity contribution in [1.29, 1.82) is 0 Å². The van der Waals surface area contributed by atoms with Gasteiger partial charge in [0.05, 0.1) is 18.4 Å². The van der Waals surface area contributed by atoms with Gasteiger partial charge >= 0.3 is 6.09 Å². The summed E-state index contributed by atoms with van der Waals surface area (Å²) in [5.74, 6) is 0.207. The van der Waals surface area contributed by atoms with Crippen LogP contribution in [0.1, 0.15) is 42.3 Å². The van der Waals surface area contributed by atoms with E-state index >= 15 is 0 Å². The van der Waals surface area contributed by atoms with Gasteiger partial charge in [-0.3, -0.25) is 9.80 Å². The van der Waals surface area contributed by atoms with Crippen molar-refractivity contribution in [1.82, 2.24) is 10.5 Å². The van der Waals surface area contributed by atoms with Gasteiger partial charge in [-0.05, 0) is 47.7 Å². The monoisotopic (exact) mass is 410 g/mol. The van der Waals surface area contributed by atoms with Gasteiger partial charge in [-0.2, -0.15) is 5.01 Å². The Kier molecular flexibility index (Phi) is 5.71. The minimum absolute atomic E-state index is 0.109. The summed E-state index contributed by atoms with van der Waals surface area (Å²) in [5.41, 5.74) is 6.29. The van der Waals surface area contributed by atoms with Crippen LogP contribution >= 0.6 is 0 Å². The number of carbonyl (C=O) groups excluding carboxylic acids is 1. The van der Waals surface area contributed by atoms with Crippen molar-refractivity contribution in [2.75, 3.05) is 17.4 Å². The number of benzene rings is 2. The molecule has 2 aromatic carbocycles. The fourth-order valence-electron chi connectivity index (χ4n) is 3.05. The predicted molar refractivity (Wildman–Crippen MR) is 115 cm³/mol. The maximum absolute atomic E-state index is 13.0. The molecule has 1 aliphatic heterocycles. The molecule has 3 rings (SSSR count). The Labute approximate surface area is 175 Å². The Balaban J connectivity index is 1.86. The van der Waals surface area contributed by atoms with E-state index in [0.29, 0.717) is 22.7 Å². The molecule has 0 radical (unpaired) electrons. The van der Waals surface area contributed by atoms with Crippen LogP contribution in [0, 0.1) is 6.92 Å². The second kappa shape index (κ2) is 8.08. The van der Waals surface area contributed by atoms with Crippen molar-refractivity contribution < 1.29 is 19.4 Å². The lowest BCUT2D eigenvalue weighted by atomic mass is 9.86. The lowest BCUT2D eigenvalue weighted by molar-refractivity contribution is 0.102. The van der Waals surface area contributed by atoms with Gasteiger partial charge in [0.25, 0.3) is 5.91 Å². The highest BCUT2D eigenvalue weighted by molar-refractivity contribution is 6.06. The van der Waals surface area contributed by atoms with Crippen molar-refractivity contribution in [2.24, 2.45) is 0 Å². The van der Waals surface area contributed by atoms with E-state index in [9.17, 15) is 9.59 Å². The molecule has 0 aliphatic carbocycles. The third kappa shape index (κ3) is 4.38. The topological polar surface area (TPSA) is 94.1 Å². The number of hydrogen-bond acceptors (Lipinski definition) is 5. The second-order valence-electron chi connectivity index (χ2n) is 8.04. The minimum Gasteiger partial charge on any atom is -0.496 e. The smallest absolute Gasteiger partial charge is 0.427 e. The average Bonchev–Trinajstić information content (AvgIpc) is 3.18. The first-order chi connectivity index (χ1) is 14.1. The van der Waals surface area contributed by atoms with Crippen LogP contribution in [0.5, 0.6) is 5.75 Å². The number of ether oxygens (including phenoxy) is 1. The maximum atomic E-state index is 13.0. The Morgan fingerprint density at radius 1 is 1.10 bits per heavy atom. The Bertz CT molecular complexity index is 1010. The van der Waals surface area contributed by atoms with Crippen LogP contribution < -0.4 is 20.6 Å². The van der Waals surface area contributed by atoms with Crippen molar-refractivity contribution in [3.05, 3.63) is 65.5 Å². The summed E-state index contributed by atoms with van der Waals surface area (Å²) in [4.78, 5) is 24.1. The molecule has 0 aromatic heterocycles. The van der Waals surface area contributed by atoms with Crippen LogP contribution in [0.3, 0.4) is 0 Å². The van der Waals surface area contributed by atoms with Gasteiger partial charge in [0, 0.05) is 18.1 Å². The zero-order chi connectivity index (χ0) is 22.1. The lowest BCUT2D eigenvalue weighted by Gasteiger charge is -2.22. The molecule has 0 spiro atoms. The summed E-state index contributed by atoms with van der Waals surface area (Å²) in [5, 5.41) is 14.5. The Hall–Kier alpha value is -3.52. The highest BCUT2D eigenvalue weighted by Gasteiger charge is 2.22. The number of nitrogens with one attached hydrogen (secondary N) is 2. The van der Waals surface area contributed by atoms with Crippen LogP contribution in [-0.4, -0.2) is 29.2 Å². The number of aryl methyl sites for hydroxylation is 1. The first-order valence-corrected chi connectivity index (χ1v) is 9.46. The zero-order valence-electron chi connectivity index (χ0n) is 17.7. The number of amides is 2. The van der Waals surface area contributed by atoms with Crippen LogP contribution in [0.15, 0.2) is 48.8 Å².